The number of amides is 3. The second-order valence-corrected chi connectivity index (χ2v) is 14.3. The van der Waals surface area contributed by atoms with E-state index in [1.165, 1.54) is 0 Å². The second-order valence-electron chi connectivity index (χ2n) is 14.3. The van der Waals surface area contributed by atoms with Crippen LogP contribution in [-0.2, 0) is 16.0 Å². The zero-order valence-electron chi connectivity index (χ0n) is 31.0. The molecule has 4 aromatic carbocycles. The lowest BCUT2D eigenvalue weighted by molar-refractivity contribution is -0.134. The van der Waals surface area contributed by atoms with Crippen molar-refractivity contribution in [2.75, 3.05) is 20.2 Å². The molecular formula is C44H43N7O5. The molecule has 0 saturated carbocycles. The number of aromatic amines is 2. The lowest BCUT2D eigenvalue weighted by Gasteiger charge is -2.28. The van der Waals surface area contributed by atoms with Crippen LogP contribution in [0.2, 0.25) is 0 Å². The normalized spacial score (nSPS) is 17.2. The first kappa shape index (κ1) is 36.3. The summed E-state index contributed by atoms with van der Waals surface area (Å²) in [5.41, 5.74) is 7.36. The van der Waals surface area contributed by atoms with Gasteiger partial charge in [0.05, 0.1) is 49.4 Å². The minimum absolute atomic E-state index is 0.0824. The van der Waals surface area contributed by atoms with Gasteiger partial charge in [-0.25, -0.2) is 14.8 Å². The molecule has 2 aliphatic rings. The summed E-state index contributed by atoms with van der Waals surface area (Å²) in [6.07, 6.45) is 6.01. The van der Waals surface area contributed by atoms with Gasteiger partial charge in [-0.2, -0.15) is 0 Å². The molecule has 0 radical (unpaired) electrons. The van der Waals surface area contributed by atoms with Crippen LogP contribution in [0.1, 0.15) is 66.6 Å². The summed E-state index contributed by atoms with van der Waals surface area (Å²) in [5, 5.41) is 11.9. The fraction of sp³-hybridized carbons (Fsp3) is 0.250. The maximum Gasteiger partial charge on any atom is 0.405 e. The Morgan fingerprint density at radius 1 is 0.750 bits per heavy atom. The van der Waals surface area contributed by atoms with Crippen molar-refractivity contribution in [1.82, 2.24) is 35.1 Å². The van der Waals surface area contributed by atoms with Crippen molar-refractivity contribution in [3.63, 3.8) is 0 Å². The number of rotatable bonds is 11. The molecule has 0 bridgehead atoms. The number of nitrogens with zero attached hydrogens (tertiary/aromatic N) is 4. The van der Waals surface area contributed by atoms with Crippen LogP contribution in [0.15, 0.2) is 116 Å². The number of methoxy groups -OCH3 is 1. The van der Waals surface area contributed by atoms with E-state index < -0.39 is 12.1 Å². The summed E-state index contributed by atoms with van der Waals surface area (Å²) in [7, 11) is 1.63. The monoisotopic (exact) mass is 749 g/mol. The fourth-order valence-electron chi connectivity index (χ4n) is 7.94. The predicted octanol–water partition coefficient (Wildman–Crippen LogP) is 7.72. The summed E-state index contributed by atoms with van der Waals surface area (Å²) in [6.45, 7) is 1.23. The second kappa shape index (κ2) is 16.0. The molecule has 12 heteroatoms. The molecule has 8 rings (SSSR count). The van der Waals surface area contributed by atoms with Crippen LogP contribution in [0.3, 0.4) is 0 Å². The Labute approximate surface area is 324 Å². The zero-order valence-corrected chi connectivity index (χ0v) is 31.0. The van der Waals surface area contributed by atoms with Crippen molar-refractivity contribution in [3.05, 3.63) is 138 Å². The van der Waals surface area contributed by atoms with E-state index in [1.807, 2.05) is 53.6 Å². The molecule has 6 aromatic rings. The van der Waals surface area contributed by atoms with Gasteiger partial charge in [0.15, 0.2) is 0 Å². The third kappa shape index (κ3) is 7.63. The largest absolute Gasteiger partial charge is 0.497 e. The number of imidazole rings is 2. The van der Waals surface area contributed by atoms with Gasteiger partial charge in [-0.05, 0) is 71.2 Å². The van der Waals surface area contributed by atoms with Crippen molar-refractivity contribution < 1.29 is 24.2 Å². The Kier molecular flexibility index (Phi) is 10.3. The van der Waals surface area contributed by atoms with E-state index in [1.54, 1.807) is 42.5 Å². The first-order valence-corrected chi connectivity index (χ1v) is 18.9. The smallest absolute Gasteiger partial charge is 0.405 e. The average Bonchev–Trinajstić information content (AvgIpc) is 4.07. The van der Waals surface area contributed by atoms with Crippen LogP contribution in [0.5, 0.6) is 5.75 Å². The predicted molar refractivity (Wildman–Crippen MR) is 211 cm³/mol. The number of likely N-dealkylation sites (tertiary alicyclic amines) is 2. The number of carboxylic acid groups (broad SMARTS) is 1. The third-order valence-electron chi connectivity index (χ3n) is 10.8. The number of aromatic nitrogens is 4. The Morgan fingerprint density at radius 3 is 1.88 bits per heavy atom. The zero-order chi connectivity index (χ0) is 38.6. The maximum atomic E-state index is 13.7. The van der Waals surface area contributed by atoms with Gasteiger partial charge in [-0.15, -0.1) is 0 Å². The minimum Gasteiger partial charge on any atom is -0.497 e. The highest BCUT2D eigenvalue weighted by Crippen LogP contribution is 2.35. The van der Waals surface area contributed by atoms with E-state index in [0.29, 0.717) is 30.9 Å². The van der Waals surface area contributed by atoms with Gasteiger partial charge < -0.3 is 34.9 Å². The van der Waals surface area contributed by atoms with Crippen molar-refractivity contribution in [2.24, 2.45) is 0 Å². The molecule has 3 atom stereocenters. The number of nitrogens with one attached hydrogen (secondary N) is 3. The molecule has 0 spiro atoms. The number of hydrogen-bond acceptors (Lipinski definition) is 6. The topological polar surface area (TPSA) is 157 Å². The molecule has 4 N–H and O–H groups in total. The van der Waals surface area contributed by atoms with Crippen LogP contribution in [0, 0.1) is 0 Å². The van der Waals surface area contributed by atoms with Crippen LogP contribution >= 0.6 is 0 Å². The summed E-state index contributed by atoms with van der Waals surface area (Å²) in [6, 6.07) is 31.8. The highest BCUT2D eigenvalue weighted by atomic mass is 16.5. The molecule has 4 heterocycles. The SMILES string of the molecule is COc1cccc(CC(=O)N2CCC[C@H]2c2ncc(-c3ccc(-c4ccc(-c5cnc([C@@H]6CCCN6C(=O)[C@H](NC(=O)O)c6ccccc6)[nH]5)cc4)cc3)[nH]2)c1. The van der Waals surface area contributed by atoms with Crippen molar-refractivity contribution in [2.45, 2.75) is 50.2 Å². The van der Waals surface area contributed by atoms with E-state index >= 15 is 0 Å². The molecule has 2 aromatic heterocycles. The standard InChI is InChI=1S/C44H43N7O5/c1-56-34-11-5-8-28(24-34)25-39(52)50-22-6-12-37(50)41-45-26-35(47-41)31-18-14-29(15-19-31)30-16-20-32(21-17-30)36-27-46-42(48-36)38-13-7-23-51(38)43(53)40(49-44(54)55)33-9-3-2-4-10-33/h2-5,8-11,14-21,24,26-27,37-38,40,49H,6-7,12-13,22-23,25H2,1H3,(H,45,47)(H,46,48)(H,54,55)/t37-,38-,40+/m0/s1. The fourth-order valence-corrected chi connectivity index (χ4v) is 7.94. The van der Waals surface area contributed by atoms with Crippen molar-refractivity contribution in [3.8, 4) is 39.4 Å². The van der Waals surface area contributed by atoms with E-state index in [-0.39, 0.29) is 23.9 Å². The van der Waals surface area contributed by atoms with Crippen LogP contribution in [0.4, 0.5) is 4.79 Å². The molecule has 2 saturated heterocycles. The number of carbonyl (C=O) groups is 3. The molecular weight excluding hydrogens is 707 g/mol. The van der Waals surface area contributed by atoms with E-state index in [4.69, 9.17) is 9.72 Å². The van der Waals surface area contributed by atoms with E-state index in [0.717, 1.165) is 76.5 Å². The van der Waals surface area contributed by atoms with Gasteiger partial charge in [-0.3, -0.25) is 9.59 Å². The third-order valence-corrected chi connectivity index (χ3v) is 10.8. The van der Waals surface area contributed by atoms with Crippen molar-refractivity contribution >= 4 is 17.9 Å². The lowest BCUT2D eigenvalue weighted by atomic mass is 10.0. The summed E-state index contributed by atoms with van der Waals surface area (Å²) < 4.78 is 5.33. The first-order valence-electron chi connectivity index (χ1n) is 18.9. The van der Waals surface area contributed by atoms with Gasteiger partial charge in [0.1, 0.15) is 23.4 Å². The first-order chi connectivity index (χ1) is 27.3. The number of ether oxygens (including phenoxy) is 1. The van der Waals surface area contributed by atoms with E-state index in [9.17, 15) is 19.5 Å². The van der Waals surface area contributed by atoms with Gasteiger partial charge in [0.25, 0.3) is 5.91 Å². The van der Waals surface area contributed by atoms with Crippen LogP contribution in [-0.4, -0.2) is 72.9 Å². The average molecular weight is 750 g/mol. The Balaban J connectivity index is 0.915. The van der Waals surface area contributed by atoms with Crippen molar-refractivity contribution in [1.29, 1.82) is 0 Å². The highest BCUT2D eigenvalue weighted by Gasteiger charge is 2.37. The quantitative estimate of drug-likeness (QED) is 0.106. The molecule has 2 aliphatic heterocycles. The summed E-state index contributed by atoms with van der Waals surface area (Å²) >= 11 is 0. The molecule has 0 unspecified atom stereocenters. The van der Waals surface area contributed by atoms with Crippen LogP contribution in [0.25, 0.3) is 33.6 Å². The lowest BCUT2D eigenvalue weighted by Crippen LogP contribution is -2.42. The number of benzene rings is 4. The summed E-state index contributed by atoms with van der Waals surface area (Å²) in [4.78, 5) is 58.6. The molecule has 2 fully saturated rings. The van der Waals surface area contributed by atoms with Crippen LogP contribution < -0.4 is 10.1 Å². The van der Waals surface area contributed by atoms with Gasteiger partial charge >= 0.3 is 6.09 Å². The molecule has 284 valence electrons. The van der Waals surface area contributed by atoms with E-state index in [2.05, 4.69) is 56.7 Å². The Morgan fingerprint density at radius 2 is 1.30 bits per heavy atom. The molecule has 3 amide bonds. The molecule has 56 heavy (non-hydrogen) atoms. The summed E-state index contributed by atoms with van der Waals surface area (Å²) in [5.74, 6) is 2.01. The Hall–Kier alpha value is -6.69. The maximum absolute atomic E-state index is 13.7. The number of H-pyrrole nitrogens is 2. The highest BCUT2D eigenvalue weighted by molar-refractivity contribution is 5.87. The minimum atomic E-state index is -1.25. The number of hydrogen-bond donors (Lipinski definition) is 4. The van der Waals surface area contributed by atoms with Gasteiger partial charge in [0.2, 0.25) is 5.91 Å². The number of carbonyl (C=O) groups excluding carboxylic acids is 2. The molecule has 12 nitrogen and oxygen atoms in total. The van der Waals surface area contributed by atoms with Gasteiger partial charge in [-0.1, -0.05) is 91.0 Å². The molecule has 0 aliphatic carbocycles. The Bertz CT molecular complexity index is 2320. The van der Waals surface area contributed by atoms with Gasteiger partial charge in [0, 0.05) is 13.1 Å².